The number of hydrogen-bond acceptors (Lipinski definition) is 4. The van der Waals surface area contributed by atoms with Gasteiger partial charge in [-0.1, -0.05) is 0 Å². The number of anilines is 1. The fraction of sp³-hybridized carbons (Fsp3) is 0.562. The first-order valence-electron chi connectivity index (χ1n) is 7.74. The first-order valence-corrected chi connectivity index (χ1v) is 7.74. The molecule has 0 aliphatic carbocycles. The molecule has 1 aromatic carbocycles. The Morgan fingerprint density at radius 1 is 1.19 bits per heavy atom. The maximum Gasteiger partial charge on any atom is 0.417 e. The van der Waals surface area contributed by atoms with Crippen LogP contribution in [0.25, 0.3) is 0 Å². The predicted molar refractivity (Wildman–Crippen MR) is 77.2 cm³/mol. The van der Waals surface area contributed by atoms with E-state index < -0.39 is 41.5 Å². The summed E-state index contributed by atoms with van der Waals surface area (Å²) in [5, 5.41) is 18.6. The summed E-state index contributed by atoms with van der Waals surface area (Å²) in [6.45, 7) is 0.220. The lowest BCUT2D eigenvalue weighted by atomic mass is 9.90. The van der Waals surface area contributed by atoms with Crippen LogP contribution in [0, 0.1) is 23.2 Å². The number of fused-ring (bicyclic) bond motifs is 1. The molecule has 0 aromatic heterocycles. The maximum absolute atomic E-state index is 13.2. The largest absolute Gasteiger partial charge is 0.417 e. The molecule has 4 atom stereocenters. The zero-order chi connectivity index (χ0) is 19.3. The van der Waals surface area contributed by atoms with Crippen molar-refractivity contribution in [2.45, 2.75) is 24.5 Å². The van der Waals surface area contributed by atoms with Gasteiger partial charge in [0, 0.05) is 24.1 Å². The van der Waals surface area contributed by atoms with Crippen molar-refractivity contribution in [1.29, 1.82) is 5.26 Å². The van der Waals surface area contributed by atoms with Gasteiger partial charge in [0.05, 0.1) is 36.5 Å². The van der Waals surface area contributed by atoms with Gasteiger partial charge in [-0.2, -0.15) is 31.6 Å². The van der Waals surface area contributed by atoms with Crippen LogP contribution in [0.3, 0.4) is 0 Å². The normalized spacial score (nSPS) is 27.3. The predicted octanol–water partition coefficient (Wildman–Crippen LogP) is 2.95. The van der Waals surface area contributed by atoms with E-state index in [0.29, 0.717) is 6.07 Å². The van der Waals surface area contributed by atoms with Crippen molar-refractivity contribution in [2.24, 2.45) is 11.8 Å². The Morgan fingerprint density at radius 3 is 2.46 bits per heavy atom. The van der Waals surface area contributed by atoms with Crippen LogP contribution in [0.1, 0.15) is 11.1 Å². The third-order valence-electron chi connectivity index (χ3n) is 4.90. The van der Waals surface area contributed by atoms with Gasteiger partial charge in [-0.05, 0) is 18.2 Å². The Bertz CT molecular complexity index is 727. The van der Waals surface area contributed by atoms with Gasteiger partial charge >= 0.3 is 12.4 Å². The highest BCUT2D eigenvalue weighted by Crippen LogP contribution is 2.44. The highest BCUT2D eigenvalue weighted by atomic mass is 19.4. The summed E-state index contributed by atoms with van der Waals surface area (Å²) in [6, 6.07) is 2.75. The number of aliphatic hydroxyl groups excluding tert-OH is 1. The molecule has 0 amide bonds. The van der Waals surface area contributed by atoms with Crippen molar-refractivity contribution in [3.63, 3.8) is 0 Å². The van der Waals surface area contributed by atoms with E-state index in [4.69, 9.17) is 10.00 Å². The molecule has 4 nitrogen and oxygen atoms in total. The van der Waals surface area contributed by atoms with E-state index in [1.54, 1.807) is 0 Å². The van der Waals surface area contributed by atoms with Crippen LogP contribution in [0.15, 0.2) is 18.2 Å². The zero-order valence-corrected chi connectivity index (χ0v) is 13.2. The van der Waals surface area contributed by atoms with Crippen molar-refractivity contribution in [3.8, 4) is 6.07 Å². The van der Waals surface area contributed by atoms with E-state index in [1.807, 2.05) is 0 Å². The van der Waals surface area contributed by atoms with Gasteiger partial charge in [0.2, 0.25) is 0 Å². The third kappa shape index (κ3) is 3.21. The highest BCUT2D eigenvalue weighted by molar-refractivity contribution is 5.56. The topological polar surface area (TPSA) is 56.5 Å². The average molecular weight is 380 g/mol. The maximum atomic E-state index is 13.2. The highest BCUT2D eigenvalue weighted by Gasteiger charge is 2.55. The van der Waals surface area contributed by atoms with E-state index >= 15 is 0 Å². The van der Waals surface area contributed by atoms with Gasteiger partial charge in [0.1, 0.15) is 0 Å². The second-order valence-electron chi connectivity index (χ2n) is 6.43. The summed E-state index contributed by atoms with van der Waals surface area (Å²) in [5.41, 5.74) is -1.94. The first kappa shape index (κ1) is 18.8. The smallest absolute Gasteiger partial charge is 0.382 e. The van der Waals surface area contributed by atoms with Crippen molar-refractivity contribution in [3.05, 3.63) is 29.3 Å². The molecule has 1 aromatic rings. The fourth-order valence-corrected chi connectivity index (χ4v) is 3.70. The second kappa shape index (κ2) is 6.32. The molecule has 0 radical (unpaired) electrons. The molecular formula is C16H14F6N2O2. The lowest BCUT2D eigenvalue weighted by Crippen LogP contribution is -2.50. The summed E-state index contributed by atoms with van der Waals surface area (Å²) in [7, 11) is 0. The number of alkyl halides is 6. The van der Waals surface area contributed by atoms with Crippen LogP contribution >= 0.6 is 0 Å². The Morgan fingerprint density at radius 2 is 1.88 bits per heavy atom. The number of rotatable bonds is 2. The molecular weight excluding hydrogens is 366 g/mol. The molecule has 0 bridgehead atoms. The molecule has 2 fully saturated rings. The molecule has 2 heterocycles. The van der Waals surface area contributed by atoms with Gasteiger partial charge < -0.3 is 14.7 Å². The lowest BCUT2D eigenvalue weighted by molar-refractivity contribution is -0.212. The van der Waals surface area contributed by atoms with E-state index in [1.165, 1.54) is 12.1 Å². The minimum Gasteiger partial charge on any atom is -0.382 e. The summed E-state index contributed by atoms with van der Waals surface area (Å²) in [6.07, 6.45) is -12.5. The molecule has 10 heteroatoms. The quantitative estimate of drug-likeness (QED) is 0.802. The van der Waals surface area contributed by atoms with Crippen LogP contribution < -0.4 is 4.90 Å². The average Bonchev–Trinajstić information content (AvgIpc) is 3.12. The third-order valence-corrected chi connectivity index (χ3v) is 4.90. The number of hydrogen-bond donors (Lipinski definition) is 1. The van der Waals surface area contributed by atoms with E-state index in [0.717, 1.165) is 11.0 Å². The fourth-order valence-electron chi connectivity index (χ4n) is 3.70. The molecule has 0 saturated carbocycles. The molecule has 26 heavy (non-hydrogen) atoms. The van der Waals surface area contributed by atoms with Crippen molar-refractivity contribution >= 4 is 5.69 Å². The van der Waals surface area contributed by atoms with Gasteiger partial charge in [0.15, 0.2) is 6.10 Å². The SMILES string of the molecule is N#Cc1ccc(N2C[C@H]3COC[C@H]3[C@H]2C(O)C(F)(F)F)cc1C(F)(F)F. The molecule has 1 unspecified atom stereocenters. The number of nitrogens with zero attached hydrogens (tertiary/aromatic N) is 2. The van der Waals surface area contributed by atoms with Gasteiger partial charge in [-0.15, -0.1) is 0 Å². The summed E-state index contributed by atoms with van der Waals surface area (Å²) >= 11 is 0. The van der Waals surface area contributed by atoms with Crippen LogP contribution in [0.4, 0.5) is 32.0 Å². The standard InChI is InChI=1S/C16H14F6N2O2/c17-15(18,19)12-3-10(2-1-8(12)4-23)24-5-9-6-26-7-11(9)13(24)14(25)16(20,21)22/h1-3,9,11,13-14,25H,5-7H2/t9-,11+,13-,14?/m0/s1. The summed E-state index contributed by atoms with van der Waals surface area (Å²) in [5.74, 6) is -0.960. The van der Waals surface area contributed by atoms with Crippen LogP contribution in [0.2, 0.25) is 0 Å². The Balaban J connectivity index is 2.03. The van der Waals surface area contributed by atoms with Gasteiger partial charge in [-0.3, -0.25) is 0 Å². The number of nitriles is 1. The van der Waals surface area contributed by atoms with E-state index in [2.05, 4.69) is 0 Å². The van der Waals surface area contributed by atoms with Gasteiger partial charge in [-0.25, -0.2) is 0 Å². The molecule has 2 aliphatic heterocycles. The Hall–Kier alpha value is -1.99. The number of aliphatic hydroxyl groups is 1. The molecule has 2 saturated heterocycles. The van der Waals surface area contributed by atoms with Crippen molar-refractivity contribution in [2.75, 3.05) is 24.7 Å². The van der Waals surface area contributed by atoms with E-state index in [9.17, 15) is 31.4 Å². The summed E-state index contributed by atoms with van der Waals surface area (Å²) < 4.78 is 83.9. The molecule has 1 N–H and O–H groups in total. The summed E-state index contributed by atoms with van der Waals surface area (Å²) in [4.78, 5) is 1.15. The Kier molecular flexibility index (Phi) is 4.56. The van der Waals surface area contributed by atoms with Crippen molar-refractivity contribution in [1.82, 2.24) is 0 Å². The second-order valence-corrected chi connectivity index (χ2v) is 6.43. The van der Waals surface area contributed by atoms with E-state index in [-0.39, 0.29) is 31.4 Å². The monoisotopic (exact) mass is 380 g/mol. The zero-order valence-electron chi connectivity index (χ0n) is 13.2. The first-order chi connectivity index (χ1) is 12.0. The number of benzene rings is 1. The lowest BCUT2D eigenvalue weighted by Gasteiger charge is -2.34. The van der Waals surface area contributed by atoms with Crippen LogP contribution in [0.5, 0.6) is 0 Å². The van der Waals surface area contributed by atoms with Crippen LogP contribution in [-0.2, 0) is 10.9 Å². The molecule has 2 aliphatic rings. The van der Waals surface area contributed by atoms with Gasteiger partial charge in [0.25, 0.3) is 0 Å². The number of ether oxygens (including phenoxy) is 1. The minimum absolute atomic E-state index is 0.00137. The molecule has 142 valence electrons. The van der Waals surface area contributed by atoms with Crippen molar-refractivity contribution < 1.29 is 36.2 Å². The molecule has 3 rings (SSSR count). The Labute approximate surface area is 144 Å². The minimum atomic E-state index is -4.92. The van der Waals surface area contributed by atoms with Crippen LogP contribution in [-0.4, -0.2) is 43.2 Å². The molecule has 0 spiro atoms. The number of halogens is 6.